The molecule has 94 valence electrons. The molecule has 0 saturated carbocycles. The molecule has 0 aromatic carbocycles. The molecule has 3 heterocycles. The second-order valence-electron chi connectivity index (χ2n) is 4.18. The molecule has 3 aromatic rings. The average Bonchev–Trinajstić information content (AvgIpc) is 2.77. The molecule has 0 aliphatic carbocycles. The third kappa shape index (κ3) is 1.95. The van der Waals surface area contributed by atoms with Crippen molar-refractivity contribution in [3.05, 3.63) is 64.8 Å². The van der Waals surface area contributed by atoms with Gasteiger partial charge in [-0.15, -0.1) is 0 Å². The van der Waals surface area contributed by atoms with Crippen molar-refractivity contribution < 1.29 is 0 Å². The summed E-state index contributed by atoms with van der Waals surface area (Å²) in [6.07, 6.45) is 5.08. The monoisotopic (exact) mass is 252 g/mol. The Balaban J connectivity index is 2.19. The van der Waals surface area contributed by atoms with E-state index in [-0.39, 0.29) is 5.56 Å². The number of aromatic nitrogens is 4. The molecule has 5 nitrogen and oxygen atoms in total. The van der Waals surface area contributed by atoms with Crippen LogP contribution in [0.4, 0.5) is 0 Å². The van der Waals surface area contributed by atoms with Crippen LogP contribution in [0.2, 0.25) is 0 Å². The summed E-state index contributed by atoms with van der Waals surface area (Å²) in [6, 6.07) is 9.19. The lowest BCUT2D eigenvalue weighted by Crippen LogP contribution is -2.16. The summed E-state index contributed by atoms with van der Waals surface area (Å²) in [5.74, 6) is 0.575. The maximum Gasteiger partial charge on any atom is 0.276 e. The highest BCUT2D eigenvalue weighted by Crippen LogP contribution is 2.18. The van der Waals surface area contributed by atoms with Crippen molar-refractivity contribution in [3.8, 4) is 17.1 Å². The van der Waals surface area contributed by atoms with Gasteiger partial charge in [-0.1, -0.05) is 6.07 Å². The minimum atomic E-state index is -0.0995. The fraction of sp³-hybridized carbons (Fsp3) is 0.0714. The molecule has 1 N–H and O–H groups in total. The number of rotatable bonds is 2. The van der Waals surface area contributed by atoms with E-state index in [9.17, 15) is 4.79 Å². The van der Waals surface area contributed by atoms with Gasteiger partial charge < -0.3 is 0 Å². The Morgan fingerprint density at radius 3 is 2.74 bits per heavy atom. The highest BCUT2D eigenvalue weighted by Gasteiger charge is 2.13. The molecule has 3 aromatic heterocycles. The molecule has 0 bridgehead atoms. The fourth-order valence-electron chi connectivity index (χ4n) is 1.96. The van der Waals surface area contributed by atoms with Gasteiger partial charge in [-0.3, -0.25) is 14.9 Å². The molecule has 0 saturated heterocycles. The predicted octanol–water partition coefficient (Wildman–Crippen LogP) is 1.93. The molecule has 0 unspecified atom stereocenters. The SMILES string of the molecule is Cc1c(-c2cccnc2)[nH]n(-c2ccccn2)c1=O. The Morgan fingerprint density at radius 2 is 2.05 bits per heavy atom. The Morgan fingerprint density at radius 1 is 1.16 bits per heavy atom. The normalized spacial score (nSPS) is 10.6. The number of nitrogens with zero attached hydrogens (tertiary/aromatic N) is 3. The molecular weight excluding hydrogens is 240 g/mol. The van der Waals surface area contributed by atoms with Crippen LogP contribution < -0.4 is 5.56 Å². The molecule has 3 rings (SSSR count). The summed E-state index contributed by atoms with van der Waals surface area (Å²) < 4.78 is 1.44. The van der Waals surface area contributed by atoms with Crippen LogP contribution in [-0.4, -0.2) is 19.7 Å². The first-order valence-corrected chi connectivity index (χ1v) is 5.91. The van der Waals surface area contributed by atoms with E-state index in [1.54, 1.807) is 31.6 Å². The van der Waals surface area contributed by atoms with Gasteiger partial charge in [0.15, 0.2) is 5.82 Å². The molecule has 0 radical (unpaired) electrons. The van der Waals surface area contributed by atoms with Gasteiger partial charge in [-0.05, 0) is 31.2 Å². The largest absolute Gasteiger partial charge is 0.289 e. The number of H-pyrrole nitrogens is 1. The number of pyridine rings is 2. The number of aromatic amines is 1. The van der Waals surface area contributed by atoms with Crippen LogP contribution in [0.3, 0.4) is 0 Å². The molecule has 0 atom stereocenters. The standard InChI is InChI=1S/C14H12N4O/c1-10-13(11-5-4-7-15-9-11)17-18(14(10)19)12-6-2-3-8-16-12/h2-9,17H,1H3. The van der Waals surface area contributed by atoms with Gasteiger partial charge in [0.25, 0.3) is 5.56 Å². The van der Waals surface area contributed by atoms with Crippen LogP contribution >= 0.6 is 0 Å². The van der Waals surface area contributed by atoms with E-state index >= 15 is 0 Å². The van der Waals surface area contributed by atoms with Crippen LogP contribution in [0.5, 0.6) is 0 Å². The first-order chi connectivity index (χ1) is 9.27. The molecule has 19 heavy (non-hydrogen) atoms. The number of nitrogens with one attached hydrogen (secondary N) is 1. The van der Waals surface area contributed by atoms with Crippen LogP contribution in [-0.2, 0) is 0 Å². The van der Waals surface area contributed by atoms with Gasteiger partial charge >= 0.3 is 0 Å². The van der Waals surface area contributed by atoms with Gasteiger partial charge in [0, 0.05) is 29.7 Å². The van der Waals surface area contributed by atoms with E-state index in [0.717, 1.165) is 11.3 Å². The summed E-state index contributed by atoms with van der Waals surface area (Å²) in [4.78, 5) is 20.5. The minimum Gasteiger partial charge on any atom is -0.289 e. The van der Waals surface area contributed by atoms with Gasteiger partial charge in [-0.2, -0.15) is 0 Å². The van der Waals surface area contributed by atoms with Crippen molar-refractivity contribution in [2.75, 3.05) is 0 Å². The summed E-state index contributed by atoms with van der Waals surface area (Å²) in [5.41, 5.74) is 2.20. The van der Waals surface area contributed by atoms with E-state index in [1.807, 2.05) is 24.3 Å². The molecule has 0 aliphatic rings. The van der Waals surface area contributed by atoms with Gasteiger partial charge in [0.1, 0.15) is 0 Å². The second kappa shape index (κ2) is 4.53. The van der Waals surface area contributed by atoms with Crippen molar-refractivity contribution in [2.45, 2.75) is 6.92 Å². The van der Waals surface area contributed by atoms with E-state index in [4.69, 9.17) is 0 Å². The topological polar surface area (TPSA) is 63.6 Å². The Labute approximate surface area is 109 Å². The maximum atomic E-state index is 12.2. The van der Waals surface area contributed by atoms with Gasteiger partial charge in [-0.25, -0.2) is 9.67 Å². The summed E-state index contributed by atoms with van der Waals surface area (Å²) >= 11 is 0. The zero-order chi connectivity index (χ0) is 13.2. The lowest BCUT2D eigenvalue weighted by Gasteiger charge is -2.00. The van der Waals surface area contributed by atoms with Gasteiger partial charge in [0.05, 0.1) is 5.69 Å². The van der Waals surface area contributed by atoms with Crippen molar-refractivity contribution in [1.82, 2.24) is 19.7 Å². The van der Waals surface area contributed by atoms with Gasteiger partial charge in [0.2, 0.25) is 0 Å². The minimum absolute atomic E-state index is 0.0995. The van der Waals surface area contributed by atoms with E-state index in [2.05, 4.69) is 15.1 Å². The summed E-state index contributed by atoms with van der Waals surface area (Å²) in [6.45, 7) is 1.79. The average molecular weight is 252 g/mol. The second-order valence-corrected chi connectivity index (χ2v) is 4.18. The Bertz CT molecular complexity index is 744. The van der Waals surface area contributed by atoms with Crippen molar-refractivity contribution in [2.24, 2.45) is 0 Å². The molecule has 0 spiro atoms. The zero-order valence-electron chi connectivity index (χ0n) is 10.4. The molecular formula is C14H12N4O. The predicted molar refractivity (Wildman–Crippen MR) is 72.2 cm³/mol. The van der Waals surface area contributed by atoms with Crippen molar-refractivity contribution in [3.63, 3.8) is 0 Å². The molecule has 0 aliphatic heterocycles. The van der Waals surface area contributed by atoms with Crippen molar-refractivity contribution >= 4 is 0 Å². The lowest BCUT2D eigenvalue weighted by atomic mass is 10.1. The highest BCUT2D eigenvalue weighted by atomic mass is 16.1. The van der Waals surface area contributed by atoms with E-state index in [0.29, 0.717) is 11.4 Å². The van der Waals surface area contributed by atoms with E-state index in [1.165, 1.54) is 4.68 Å². The summed E-state index contributed by atoms with van der Waals surface area (Å²) in [5, 5.41) is 3.08. The number of hydrogen-bond donors (Lipinski definition) is 1. The fourth-order valence-corrected chi connectivity index (χ4v) is 1.96. The molecule has 0 amide bonds. The number of hydrogen-bond acceptors (Lipinski definition) is 3. The molecule has 0 fully saturated rings. The van der Waals surface area contributed by atoms with Crippen LogP contribution in [0, 0.1) is 6.92 Å². The maximum absolute atomic E-state index is 12.2. The van der Waals surface area contributed by atoms with Crippen LogP contribution in [0.1, 0.15) is 5.56 Å². The first kappa shape index (κ1) is 11.4. The highest BCUT2D eigenvalue weighted by molar-refractivity contribution is 5.61. The molecule has 5 heteroatoms. The third-order valence-corrected chi connectivity index (χ3v) is 2.95. The lowest BCUT2D eigenvalue weighted by molar-refractivity contribution is 0.820. The first-order valence-electron chi connectivity index (χ1n) is 5.91. The summed E-state index contributed by atoms with van der Waals surface area (Å²) in [7, 11) is 0. The van der Waals surface area contributed by atoms with Crippen LogP contribution in [0.25, 0.3) is 17.1 Å². The van der Waals surface area contributed by atoms with E-state index < -0.39 is 0 Å². The smallest absolute Gasteiger partial charge is 0.276 e. The quantitative estimate of drug-likeness (QED) is 0.758. The van der Waals surface area contributed by atoms with Crippen molar-refractivity contribution in [1.29, 1.82) is 0 Å². The third-order valence-electron chi connectivity index (χ3n) is 2.95. The zero-order valence-corrected chi connectivity index (χ0v) is 10.4. The Hall–Kier alpha value is -2.69. The van der Waals surface area contributed by atoms with Crippen LogP contribution in [0.15, 0.2) is 53.7 Å². The Kier molecular flexibility index (Phi) is 2.72.